The van der Waals surface area contributed by atoms with Crippen molar-refractivity contribution in [3.8, 4) is 5.75 Å². The molecule has 5 nitrogen and oxygen atoms in total. The maximum Gasteiger partial charge on any atom is 0.343 e. The van der Waals surface area contributed by atoms with Crippen molar-refractivity contribution in [2.45, 2.75) is 4.90 Å². The lowest BCUT2D eigenvalue weighted by molar-refractivity contribution is 0.0734. The lowest BCUT2D eigenvalue weighted by Gasteiger charge is -2.04. The molecule has 0 saturated carbocycles. The van der Waals surface area contributed by atoms with Crippen LogP contribution < -0.4 is 4.74 Å². The molecular formula is C20H14FNO4S. The number of ether oxygens (including phenoxy) is 1. The molecule has 0 aliphatic carbocycles. The SMILES string of the molecule is O=C(Oc1ccc(/C=N\S(=O)(=O)c2ccccc2)cc1)c1ccc(F)cc1. The Morgan fingerprint density at radius 1 is 0.889 bits per heavy atom. The number of esters is 1. The quantitative estimate of drug-likeness (QED) is 0.381. The van der Waals surface area contributed by atoms with Crippen LogP contribution in [0.5, 0.6) is 5.75 Å². The van der Waals surface area contributed by atoms with Crippen LogP contribution in [-0.2, 0) is 10.0 Å². The van der Waals surface area contributed by atoms with E-state index >= 15 is 0 Å². The van der Waals surface area contributed by atoms with E-state index in [1.807, 2.05) is 0 Å². The number of hydrogen-bond acceptors (Lipinski definition) is 4. The highest BCUT2D eigenvalue weighted by atomic mass is 32.2. The Kier molecular flexibility index (Phi) is 5.42. The third-order valence-corrected chi connectivity index (χ3v) is 4.80. The number of carbonyl (C=O) groups is 1. The number of nitrogens with zero attached hydrogens (tertiary/aromatic N) is 1. The van der Waals surface area contributed by atoms with Gasteiger partial charge in [-0.25, -0.2) is 9.18 Å². The number of sulfonamides is 1. The van der Waals surface area contributed by atoms with E-state index in [-0.39, 0.29) is 16.2 Å². The molecule has 3 rings (SSSR count). The first kappa shape index (κ1) is 18.5. The van der Waals surface area contributed by atoms with Crippen LogP contribution in [-0.4, -0.2) is 20.6 Å². The summed E-state index contributed by atoms with van der Waals surface area (Å²) in [6, 6.07) is 19.0. The highest BCUT2D eigenvalue weighted by Crippen LogP contribution is 2.15. The minimum atomic E-state index is -3.77. The Morgan fingerprint density at radius 2 is 1.52 bits per heavy atom. The summed E-state index contributed by atoms with van der Waals surface area (Å²) in [5, 5.41) is 0. The van der Waals surface area contributed by atoms with Gasteiger partial charge in [-0.15, -0.1) is 0 Å². The minimum absolute atomic E-state index is 0.103. The normalized spacial score (nSPS) is 11.4. The smallest absolute Gasteiger partial charge is 0.343 e. The molecule has 0 atom stereocenters. The van der Waals surface area contributed by atoms with E-state index in [2.05, 4.69) is 4.40 Å². The largest absolute Gasteiger partial charge is 0.423 e. The molecular weight excluding hydrogens is 369 g/mol. The molecule has 0 heterocycles. The summed E-state index contributed by atoms with van der Waals surface area (Å²) < 4.78 is 45.9. The minimum Gasteiger partial charge on any atom is -0.423 e. The molecule has 136 valence electrons. The molecule has 0 radical (unpaired) electrons. The molecule has 0 spiro atoms. The zero-order valence-corrected chi connectivity index (χ0v) is 14.8. The van der Waals surface area contributed by atoms with Gasteiger partial charge < -0.3 is 4.74 Å². The van der Waals surface area contributed by atoms with Gasteiger partial charge in [0.1, 0.15) is 11.6 Å². The fourth-order valence-corrected chi connectivity index (χ4v) is 3.04. The summed E-state index contributed by atoms with van der Waals surface area (Å²) in [4.78, 5) is 12.1. The molecule has 0 fully saturated rings. The van der Waals surface area contributed by atoms with Crippen molar-refractivity contribution in [2.24, 2.45) is 4.40 Å². The van der Waals surface area contributed by atoms with Gasteiger partial charge in [0.15, 0.2) is 0 Å². The van der Waals surface area contributed by atoms with Crippen LogP contribution in [0.2, 0.25) is 0 Å². The molecule has 0 saturated heterocycles. The van der Waals surface area contributed by atoms with Crippen LogP contribution in [0.15, 0.2) is 88.2 Å². The van der Waals surface area contributed by atoms with Gasteiger partial charge in [0.2, 0.25) is 0 Å². The van der Waals surface area contributed by atoms with Crippen molar-refractivity contribution in [1.29, 1.82) is 0 Å². The molecule has 3 aromatic rings. The van der Waals surface area contributed by atoms with E-state index in [1.165, 1.54) is 54.7 Å². The summed E-state index contributed by atoms with van der Waals surface area (Å²) in [7, 11) is -3.77. The van der Waals surface area contributed by atoms with Crippen molar-refractivity contribution >= 4 is 22.2 Å². The van der Waals surface area contributed by atoms with E-state index in [0.717, 1.165) is 0 Å². The van der Waals surface area contributed by atoms with Crippen LogP contribution in [0.3, 0.4) is 0 Å². The van der Waals surface area contributed by atoms with Crippen molar-refractivity contribution in [3.63, 3.8) is 0 Å². The Bertz CT molecular complexity index is 1060. The Balaban J connectivity index is 1.68. The van der Waals surface area contributed by atoms with E-state index in [0.29, 0.717) is 5.56 Å². The van der Waals surface area contributed by atoms with Crippen molar-refractivity contribution in [3.05, 3.63) is 95.8 Å². The van der Waals surface area contributed by atoms with Crippen molar-refractivity contribution in [2.75, 3.05) is 0 Å². The number of halogens is 1. The molecule has 7 heteroatoms. The van der Waals surface area contributed by atoms with Gasteiger partial charge in [-0.1, -0.05) is 18.2 Å². The zero-order valence-electron chi connectivity index (χ0n) is 13.9. The summed E-state index contributed by atoms with van der Waals surface area (Å²) in [6.45, 7) is 0. The Labute approximate surface area is 155 Å². The molecule has 0 bridgehead atoms. The Hall–Kier alpha value is -3.32. The average molecular weight is 383 g/mol. The lowest BCUT2D eigenvalue weighted by Crippen LogP contribution is -2.08. The predicted octanol–water partition coefficient (Wildman–Crippen LogP) is 3.85. The van der Waals surface area contributed by atoms with Gasteiger partial charge >= 0.3 is 5.97 Å². The second kappa shape index (κ2) is 7.92. The molecule has 0 aliphatic heterocycles. The first-order valence-corrected chi connectivity index (χ1v) is 9.31. The van der Waals surface area contributed by atoms with E-state index in [4.69, 9.17) is 4.74 Å². The molecule has 3 aromatic carbocycles. The van der Waals surface area contributed by atoms with Gasteiger partial charge in [0.05, 0.1) is 10.5 Å². The van der Waals surface area contributed by atoms with Crippen molar-refractivity contribution in [1.82, 2.24) is 0 Å². The number of rotatable bonds is 5. The number of carbonyl (C=O) groups excluding carboxylic acids is 1. The predicted molar refractivity (Wildman–Crippen MR) is 99.0 cm³/mol. The van der Waals surface area contributed by atoms with Gasteiger partial charge in [0, 0.05) is 6.21 Å². The third kappa shape index (κ3) is 4.86. The molecule has 27 heavy (non-hydrogen) atoms. The Morgan fingerprint density at radius 3 is 2.15 bits per heavy atom. The fourth-order valence-electron chi connectivity index (χ4n) is 2.16. The first-order chi connectivity index (χ1) is 12.9. The summed E-state index contributed by atoms with van der Waals surface area (Å²) in [5.41, 5.74) is 0.743. The standard InChI is InChI=1S/C20H14FNO4S/c21-17-10-8-16(9-11-17)20(23)26-18-12-6-15(7-13-18)14-22-27(24,25)19-4-2-1-3-5-19/h1-14H/b22-14-. The topological polar surface area (TPSA) is 72.8 Å². The summed E-state index contributed by atoms with van der Waals surface area (Å²) in [5.74, 6) is -0.795. The third-order valence-electron chi connectivity index (χ3n) is 3.55. The molecule has 0 N–H and O–H groups in total. The monoisotopic (exact) mass is 383 g/mol. The van der Waals surface area contributed by atoms with Gasteiger partial charge in [-0.05, 0) is 66.2 Å². The zero-order chi connectivity index (χ0) is 19.3. The average Bonchev–Trinajstić information content (AvgIpc) is 2.69. The molecule has 0 amide bonds. The van der Waals surface area contributed by atoms with Crippen LogP contribution >= 0.6 is 0 Å². The molecule has 0 aliphatic rings. The lowest BCUT2D eigenvalue weighted by atomic mass is 10.2. The molecule has 0 aromatic heterocycles. The second-order valence-electron chi connectivity index (χ2n) is 5.49. The fraction of sp³-hybridized carbons (Fsp3) is 0. The highest BCUT2D eigenvalue weighted by molar-refractivity contribution is 7.90. The van der Waals surface area contributed by atoms with Gasteiger partial charge in [-0.3, -0.25) is 0 Å². The number of benzene rings is 3. The maximum absolute atomic E-state index is 12.9. The van der Waals surface area contributed by atoms with E-state index < -0.39 is 21.8 Å². The van der Waals surface area contributed by atoms with Crippen LogP contribution in [0.4, 0.5) is 4.39 Å². The van der Waals surface area contributed by atoms with Crippen LogP contribution in [0, 0.1) is 5.82 Å². The first-order valence-electron chi connectivity index (χ1n) is 7.87. The molecule has 0 unspecified atom stereocenters. The second-order valence-corrected chi connectivity index (χ2v) is 7.12. The van der Waals surface area contributed by atoms with Gasteiger partial charge in [0.25, 0.3) is 10.0 Å². The maximum atomic E-state index is 12.9. The highest BCUT2D eigenvalue weighted by Gasteiger charge is 2.11. The summed E-state index contributed by atoms with van der Waals surface area (Å²) in [6.07, 6.45) is 1.22. The van der Waals surface area contributed by atoms with Gasteiger partial charge in [-0.2, -0.15) is 12.8 Å². The summed E-state index contributed by atoms with van der Waals surface area (Å²) >= 11 is 0. The van der Waals surface area contributed by atoms with Crippen LogP contribution in [0.25, 0.3) is 0 Å². The number of hydrogen-bond donors (Lipinski definition) is 0. The van der Waals surface area contributed by atoms with Crippen molar-refractivity contribution < 1.29 is 22.3 Å². The van der Waals surface area contributed by atoms with E-state index in [1.54, 1.807) is 30.3 Å². The van der Waals surface area contributed by atoms with Crippen LogP contribution in [0.1, 0.15) is 15.9 Å². The van der Waals surface area contributed by atoms with E-state index in [9.17, 15) is 17.6 Å².